The van der Waals surface area contributed by atoms with Crippen LogP contribution < -0.4 is 5.32 Å². The van der Waals surface area contributed by atoms with Crippen LogP contribution in [0.3, 0.4) is 0 Å². The van der Waals surface area contributed by atoms with Crippen molar-refractivity contribution in [3.8, 4) is 11.5 Å². The third-order valence-corrected chi connectivity index (χ3v) is 2.19. The second kappa shape index (κ2) is 5.87. The Labute approximate surface area is 102 Å². The van der Waals surface area contributed by atoms with E-state index >= 15 is 0 Å². The molecule has 0 heterocycles. The lowest BCUT2D eigenvalue weighted by molar-refractivity contribution is -0.139. The molecule has 0 saturated heterocycles. The fraction of sp³-hybridized carbons (Fsp3) is 0.273. The Hall–Kier alpha value is -2.28. The minimum absolute atomic E-state index is 0.0725. The van der Waals surface area contributed by atoms with E-state index in [0.29, 0.717) is 0 Å². The van der Waals surface area contributed by atoms with E-state index in [-0.39, 0.29) is 30.1 Å². The van der Waals surface area contributed by atoms with Crippen LogP contribution in [0.2, 0.25) is 0 Å². The zero-order valence-corrected chi connectivity index (χ0v) is 9.33. The highest BCUT2D eigenvalue weighted by molar-refractivity contribution is 5.97. The summed E-state index contributed by atoms with van der Waals surface area (Å²) in [5.41, 5.74) is -0.0725. The maximum Gasteiger partial charge on any atom is 0.326 e. The predicted molar refractivity (Wildman–Crippen MR) is 60.4 cm³/mol. The molecule has 1 aromatic rings. The third-order valence-electron chi connectivity index (χ3n) is 2.19. The Morgan fingerprint density at radius 3 is 2.17 bits per heavy atom. The number of hydrogen-bond donors (Lipinski definition) is 5. The van der Waals surface area contributed by atoms with Gasteiger partial charge in [0.15, 0.2) is 0 Å². The van der Waals surface area contributed by atoms with Gasteiger partial charge in [-0.1, -0.05) is 0 Å². The normalized spacial score (nSPS) is 11.8. The van der Waals surface area contributed by atoms with Gasteiger partial charge in [-0.2, -0.15) is 0 Å². The van der Waals surface area contributed by atoms with Crippen LogP contribution in [0.25, 0.3) is 0 Å². The van der Waals surface area contributed by atoms with E-state index in [0.717, 1.165) is 18.2 Å². The summed E-state index contributed by atoms with van der Waals surface area (Å²) in [5.74, 6) is -2.66. The number of hydrogen-bond acceptors (Lipinski definition) is 5. The molecule has 0 aliphatic carbocycles. The smallest absolute Gasteiger partial charge is 0.326 e. The molecule has 5 N–H and O–H groups in total. The summed E-state index contributed by atoms with van der Waals surface area (Å²) >= 11 is 0. The molecular formula is C11H13NO6. The number of aromatic hydroxyl groups is 2. The Morgan fingerprint density at radius 2 is 1.72 bits per heavy atom. The number of phenols is 2. The zero-order valence-electron chi connectivity index (χ0n) is 9.33. The molecule has 1 rings (SSSR count). The SMILES string of the molecule is O=C(NC(CCO)C(=O)O)c1cc(O)cc(O)c1. The minimum Gasteiger partial charge on any atom is -0.508 e. The maximum atomic E-state index is 11.7. The number of carboxylic acids is 1. The summed E-state index contributed by atoms with van der Waals surface area (Å²) in [7, 11) is 0. The fourth-order valence-electron chi connectivity index (χ4n) is 1.35. The number of aliphatic hydroxyl groups excluding tert-OH is 1. The first-order valence-electron chi connectivity index (χ1n) is 5.11. The van der Waals surface area contributed by atoms with Gasteiger partial charge >= 0.3 is 5.97 Å². The number of rotatable bonds is 5. The fourth-order valence-corrected chi connectivity index (χ4v) is 1.35. The third kappa shape index (κ3) is 3.63. The standard InChI is InChI=1S/C11H13NO6/c13-2-1-9(11(17)18)12-10(16)6-3-7(14)5-8(15)4-6/h3-5,9,13-15H,1-2H2,(H,12,16)(H,17,18). The number of benzene rings is 1. The second-order valence-corrected chi connectivity index (χ2v) is 3.61. The first-order chi connectivity index (χ1) is 8.43. The lowest BCUT2D eigenvalue weighted by Crippen LogP contribution is -2.41. The summed E-state index contributed by atoms with van der Waals surface area (Å²) in [6, 6.07) is 1.99. The molecule has 0 bridgehead atoms. The van der Waals surface area contributed by atoms with Gasteiger partial charge in [0.2, 0.25) is 0 Å². The van der Waals surface area contributed by atoms with E-state index in [2.05, 4.69) is 5.32 Å². The lowest BCUT2D eigenvalue weighted by Gasteiger charge is -2.13. The maximum absolute atomic E-state index is 11.7. The van der Waals surface area contributed by atoms with Crippen molar-refractivity contribution in [1.29, 1.82) is 0 Å². The first-order valence-corrected chi connectivity index (χ1v) is 5.11. The van der Waals surface area contributed by atoms with Crippen molar-refractivity contribution >= 4 is 11.9 Å². The number of aliphatic hydroxyl groups is 1. The van der Waals surface area contributed by atoms with Gasteiger partial charge in [-0.15, -0.1) is 0 Å². The van der Waals surface area contributed by atoms with Crippen LogP contribution in [0.5, 0.6) is 11.5 Å². The lowest BCUT2D eigenvalue weighted by atomic mass is 10.1. The van der Waals surface area contributed by atoms with Crippen molar-refractivity contribution in [2.75, 3.05) is 6.61 Å². The molecule has 0 spiro atoms. The van der Waals surface area contributed by atoms with Crippen LogP contribution in [-0.2, 0) is 4.79 Å². The molecule has 18 heavy (non-hydrogen) atoms. The van der Waals surface area contributed by atoms with Gasteiger partial charge in [0.1, 0.15) is 17.5 Å². The molecule has 1 unspecified atom stereocenters. The first kappa shape index (κ1) is 13.8. The summed E-state index contributed by atoms with van der Waals surface area (Å²) in [4.78, 5) is 22.4. The van der Waals surface area contributed by atoms with Crippen LogP contribution in [0.4, 0.5) is 0 Å². The van der Waals surface area contributed by atoms with Gasteiger partial charge in [-0.3, -0.25) is 4.79 Å². The zero-order chi connectivity index (χ0) is 13.7. The molecule has 1 atom stereocenters. The van der Waals surface area contributed by atoms with E-state index in [4.69, 9.17) is 10.2 Å². The average molecular weight is 255 g/mol. The number of carboxylic acid groups (broad SMARTS) is 1. The van der Waals surface area contributed by atoms with Crippen LogP contribution in [0, 0.1) is 0 Å². The quantitative estimate of drug-likeness (QED) is 0.490. The van der Waals surface area contributed by atoms with E-state index in [1.807, 2.05) is 0 Å². The topological polar surface area (TPSA) is 127 Å². The number of carbonyl (C=O) groups excluding carboxylic acids is 1. The number of carbonyl (C=O) groups is 2. The van der Waals surface area contributed by atoms with Gasteiger partial charge in [0, 0.05) is 24.7 Å². The van der Waals surface area contributed by atoms with E-state index in [1.165, 1.54) is 0 Å². The summed E-state index contributed by atoms with van der Waals surface area (Å²) < 4.78 is 0. The van der Waals surface area contributed by atoms with Crippen LogP contribution in [0.15, 0.2) is 18.2 Å². The number of amides is 1. The van der Waals surface area contributed by atoms with Gasteiger partial charge < -0.3 is 25.7 Å². The summed E-state index contributed by atoms with van der Waals surface area (Å²) in [6.07, 6.45) is -0.133. The summed E-state index contributed by atoms with van der Waals surface area (Å²) in [5, 5.41) is 38.0. The molecule has 0 aliphatic rings. The van der Waals surface area contributed by atoms with Crippen molar-refractivity contribution in [3.05, 3.63) is 23.8 Å². The number of nitrogens with one attached hydrogen (secondary N) is 1. The highest BCUT2D eigenvalue weighted by Gasteiger charge is 2.20. The largest absolute Gasteiger partial charge is 0.508 e. The molecule has 0 radical (unpaired) electrons. The molecule has 0 aromatic heterocycles. The highest BCUT2D eigenvalue weighted by Crippen LogP contribution is 2.20. The predicted octanol–water partition coefficient (Wildman–Crippen LogP) is -0.337. The monoisotopic (exact) mass is 255 g/mol. The number of phenolic OH excluding ortho intramolecular Hbond substituents is 2. The molecule has 1 aromatic carbocycles. The molecule has 7 heteroatoms. The van der Waals surface area contributed by atoms with Crippen molar-refractivity contribution < 1.29 is 30.0 Å². The molecule has 98 valence electrons. The molecule has 7 nitrogen and oxygen atoms in total. The molecule has 0 fully saturated rings. The van der Waals surface area contributed by atoms with Crippen molar-refractivity contribution in [1.82, 2.24) is 5.32 Å². The van der Waals surface area contributed by atoms with Crippen molar-refractivity contribution in [3.63, 3.8) is 0 Å². The molecule has 1 amide bonds. The summed E-state index contributed by atoms with van der Waals surface area (Å²) in [6.45, 7) is -0.386. The van der Waals surface area contributed by atoms with E-state index in [9.17, 15) is 19.8 Å². The minimum atomic E-state index is -1.28. The Bertz CT molecular complexity index is 439. The van der Waals surface area contributed by atoms with Crippen molar-refractivity contribution in [2.45, 2.75) is 12.5 Å². The van der Waals surface area contributed by atoms with Gasteiger partial charge in [-0.05, 0) is 12.1 Å². The highest BCUT2D eigenvalue weighted by atomic mass is 16.4. The van der Waals surface area contributed by atoms with Gasteiger partial charge in [0.05, 0.1) is 0 Å². The molecular weight excluding hydrogens is 242 g/mol. The van der Waals surface area contributed by atoms with Crippen LogP contribution in [0.1, 0.15) is 16.8 Å². The Morgan fingerprint density at radius 1 is 1.17 bits per heavy atom. The van der Waals surface area contributed by atoms with Crippen LogP contribution >= 0.6 is 0 Å². The Kier molecular flexibility index (Phi) is 4.50. The van der Waals surface area contributed by atoms with Gasteiger partial charge in [-0.25, -0.2) is 4.79 Å². The van der Waals surface area contributed by atoms with Crippen molar-refractivity contribution in [2.24, 2.45) is 0 Å². The van der Waals surface area contributed by atoms with Crippen LogP contribution in [-0.4, -0.2) is 45.0 Å². The molecule has 0 aliphatic heterocycles. The molecule has 0 saturated carbocycles. The van der Waals surface area contributed by atoms with E-state index < -0.39 is 17.9 Å². The second-order valence-electron chi connectivity index (χ2n) is 3.61. The Balaban J connectivity index is 2.83. The number of aliphatic carboxylic acids is 1. The average Bonchev–Trinajstić information content (AvgIpc) is 2.26. The van der Waals surface area contributed by atoms with E-state index in [1.54, 1.807) is 0 Å². The van der Waals surface area contributed by atoms with Gasteiger partial charge in [0.25, 0.3) is 5.91 Å².